The van der Waals surface area contributed by atoms with Gasteiger partial charge in [-0.2, -0.15) is 0 Å². The molecule has 0 heterocycles. The summed E-state index contributed by atoms with van der Waals surface area (Å²) < 4.78 is 19.3. The van der Waals surface area contributed by atoms with Crippen molar-refractivity contribution in [1.82, 2.24) is 0 Å². The molecule has 0 aliphatic heterocycles. The molecule has 1 fully saturated rings. The van der Waals surface area contributed by atoms with Gasteiger partial charge < -0.3 is 4.74 Å². The fraction of sp³-hybridized carbons (Fsp3) is 0.933. The predicted octanol–water partition coefficient (Wildman–Crippen LogP) is 4.56. The second kappa shape index (κ2) is 9.35. The quantitative estimate of drug-likeness (QED) is 0.679. The van der Waals surface area contributed by atoms with Gasteiger partial charge in [-0.15, -0.1) is 0 Å². The lowest BCUT2D eigenvalue weighted by molar-refractivity contribution is -0.152. The van der Waals surface area contributed by atoms with E-state index in [9.17, 15) is 9.18 Å². The number of rotatable bonds is 2. The highest BCUT2D eigenvalue weighted by Gasteiger charge is 2.24. The first kappa shape index (κ1) is 15.5. The molecule has 2 atom stereocenters. The maximum Gasteiger partial charge on any atom is 0.305 e. The van der Waals surface area contributed by atoms with Crippen LogP contribution in [0, 0.1) is 0 Å². The Balaban J connectivity index is 2.44. The van der Waals surface area contributed by atoms with E-state index >= 15 is 0 Å². The summed E-state index contributed by atoms with van der Waals surface area (Å²) in [7, 11) is 0. The molecule has 0 bridgehead atoms. The van der Waals surface area contributed by atoms with Gasteiger partial charge in [-0.25, -0.2) is 4.39 Å². The van der Waals surface area contributed by atoms with Crippen molar-refractivity contribution < 1.29 is 13.9 Å². The highest BCUT2D eigenvalue weighted by molar-refractivity contribution is 5.69. The maximum atomic E-state index is 14.1. The molecule has 0 aromatic heterocycles. The van der Waals surface area contributed by atoms with E-state index in [0.717, 1.165) is 25.7 Å². The summed E-state index contributed by atoms with van der Waals surface area (Å²) >= 11 is 0. The minimum Gasteiger partial charge on any atom is -0.459 e. The van der Waals surface area contributed by atoms with Gasteiger partial charge in [0.1, 0.15) is 12.3 Å². The molecule has 0 unspecified atom stereocenters. The van der Waals surface area contributed by atoms with Gasteiger partial charge in [-0.1, -0.05) is 51.9 Å². The molecule has 0 aromatic carbocycles. The topological polar surface area (TPSA) is 26.3 Å². The Kier molecular flexibility index (Phi) is 8.03. The number of hydrogen-bond acceptors (Lipinski definition) is 2. The highest BCUT2D eigenvalue weighted by Crippen LogP contribution is 2.21. The second-order valence-corrected chi connectivity index (χ2v) is 5.30. The molecule has 18 heavy (non-hydrogen) atoms. The average molecular weight is 258 g/mol. The number of halogens is 1. The third-order valence-corrected chi connectivity index (χ3v) is 3.69. The number of hydrogen-bond donors (Lipinski definition) is 0. The van der Waals surface area contributed by atoms with E-state index in [2.05, 4.69) is 0 Å². The van der Waals surface area contributed by atoms with E-state index in [-0.39, 0.29) is 5.97 Å². The molecule has 0 radical (unpaired) electrons. The van der Waals surface area contributed by atoms with Crippen LogP contribution >= 0.6 is 0 Å². The summed E-state index contributed by atoms with van der Waals surface area (Å²) in [5.74, 6) is -0.269. The predicted molar refractivity (Wildman–Crippen MR) is 71.2 cm³/mol. The van der Waals surface area contributed by atoms with Crippen molar-refractivity contribution in [2.45, 2.75) is 89.8 Å². The summed E-state index contributed by atoms with van der Waals surface area (Å²) in [5, 5.41) is 0. The van der Waals surface area contributed by atoms with Gasteiger partial charge >= 0.3 is 5.97 Å². The zero-order valence-electron chi connectivity index (χ0n) is 11.6. The monoisotopic (exact) mass is 258 g/mol. The Hall–Kier alpha value is -0.600. The number of carbonyl (C=O) groups excluding carboxylic acids is 1. The summed E-state index contributed by atoms with van der Waals surface area (Å²) in [4.78, 5) is 11.3. The minimum absolute atomic E-state index is 0.269. The van der Waals surface area contributed by atoms with Gasteiger partial charge in [-0.3, -0.25) is 4.79 Å². The molecule has 1 saturated carbocycles. The van der Waals surface area contributed by atoms with Crippen LogP contribution < -0.4 is 0 Å². The van der Waals surface area contributed by atoms with Crippen LogP contribution in [0.3, 0.4) is 0 Å². The highest BCUT2D eigenvalue weighted by atomic mass is 19.1. The fourth-order valence-corrected chi connectivity index (χ4v) is 2.50. The first-order valence-electron chi connectivity index (χ1n) is 7.57. The SMILES string of the molecule is CCC(=O)O[C@@H]1CCCCCCCCCC[C@@H]1F. The van der Waals surface area contributed by atoms with Crippen LogP contribution in [0.25, 0.3) is 0 Å². The van der Waals surface area contributed by atoms with Gasteiger partial charge in [0.25, 0.3) is 0 Å². The lowest BCUT2D eigenvalue weighted by Gasteiger charge is -2.22. The Morgan fingerprint density at radius 2 is 1.50 bits per heavy atom. The maximum absolute atomic E-state index is 14.1. The molecular weight excluding hydrogens is 231 g/mol. The van der Waals surface area contributed by atoms with Gasteiger partial charge in [0.05, 0.1) is 0 Å². The minimum atomic E-state index is -0.972. The van der Waals surface area contributed by atoms with Crippen LogP contribution in [0.4, 0.5) is 4.39 Å². The summed E-state index contributed by atoms with van der Waals surface area (Å²) in [6.45, 7) is 1.75. The van der Waals surface area contributed by atoms with Crippen LogP contribution in [0.5, 0.6) is 0 Å². The van der Waals surface area contributed by atoms with Crippen LogP contribution in [-0.4, -0.2) is 18.2 Å². The van der Waals surface area contributed by atoms with Crippen LogP contribution in [0.1, 0.15) is 77.6 Å². The zero-order valence-corrected chi connectivity index (χ0v) is 11.6. The third kappa shape index (κ3) is 6.36. The Morgan fingerprint density at radius 3 is 2.06 bits per heavy atom. The molecule has 1 aliphatic rings. The van der Waals surface area contributed by atoms with Crippen molar-refractivity contribution in [3.05, 3.63) is 0 Å². The normalized spacial score (nSPS) is 27.9. The molecular formula is C15H27FO2. The van der Waals surface area contributed by atoms with Crippen LogP contribution in [0.2, 0.25) is 0 Å². The smallest absolute Gasteiger partial charge is 0.305 e. The summed E-state index contributed by atoms with van der Waals surface area (Å²) in [6.07, 6.45) is 9.24. The van der Waals surface area contributed by atoms with Gasteiger partial charge in [-0.05, 0) is 19.3 Å². The first-order valence-corrected chi connectivity index (χ1v) is 7.57. The largest absolute Gasteiger partial charge is 0.459 e. The van der Waals surface area contributed by atoms with Gasteiger partial charge in [0.2, 0.25) is 0 Å². The van der Waals surface area contributed by atoms with E-state index in [4.69, 9.17) is 4.74 Å². The zero-order chi connectivity index (χ0) is 13.2. The number of carbonyl (C=O) groups is 1. The van der Waals surface area contributed by atoms with Crippen molar-refractivity contribution in [1.29, 1.82) is 0 Å². The molecule has 0 N–H and O–H groups in total. The molecule has 3 heteroatoms. The molecule has 0 saturated heterocycles. The lowest BCUT2D eigenvalue weighted by atomic mass is 9.98. The second-order valence-electron chi connectivity index (χ2n) is 5.30. The van der Waals surface area contributed by atoms with E-state index in [0.29, 0.717) is 19.3 Å². The van der Waals surface area contributed by atoms with E-state index in [1.807, 2.05) is 0 Å². The van der Waals surface area contributed by atoms with E-state index < -0.39 is 12.3 Å². The van der Waals surface area contributed by atoms with Gasteiger partial charge in [0, 0.05) is 6.42 Å². The van der Waals surface area contributed by atoms with Crippen LogP contribution in [-0.2, 0) is 9.53 Å². The number of alkyl halides is 1. The van der Waals surface area contributed by atoms with E-state index in [1.54, 1.807) is 6.92 Å². The van der Waals surface area contributed by atoms with Crippen molar-refractivity contribution in [3.63, 3.8) is 0 Å². The first-order chi connectivity index (χ1) is 8.74. The summed E-state index contributed by atoms with van der Waals surface area (Å²) in [5.41, 5.74) is 0. The Labute approximate surface area is 110 Å². The van der Waals surface area contributed by atoms with Crippen molar-refractivity contribution in [2.75, 3.05) is 0 Å². The lowest BCUT2D eigenvalue weighted by Crippen LogP contribution is -2.28. The molecule has 0 aromatic rings. The Bertz CT molecular complexity index is 231. The van der Waals surface area contributed by atoms with Crippen molar-refractivity contribution in [2.24, 2.45) is 0 Å². The average Bonchev–Trinajstić information content (AvgIpc) is 2.37. The van der Waals surface area contributed by atoms with Gasteiger partial charge in [0.15, 0.2) is 0 Å². The molecule has 106 valence electrons. The number of ether oxygens (including phenoxy) is 1. The van der Waals surface area contributed by atoms with Crippen LogP contribution in [0.15, 0.2) is 0 Å². The molecule has 0 amide bonds. The third-order valence-electron chi connectivity index (χ3n) is 3.69. The van der Waals surface area contributed by atoms with E-state index in [1.165, 1.54) is 25.7 Å². The molecule has 1 rings (SSSR count). The molecule has 1 aliphatic carbocycles. The standard InChI is InChI=1S/C15H27FO2/c1-2-15(17)18-14-12-10-8-6-4-3-5-7-9-11-13(14)16/h13-14H,2-12H2,1H3/t13-,14+/m0/s1. The van der Waals surface area contributed by atoms with Crippen molar-refractivity contribution >= 4 is 5.97 Å². The summed E-state index contributed by atoms with van der Waals surface area (Å²) in [6, 6.07) is 0. The number of esters is 1. The Morgan fingerprint density at radius 1 is 1.00 bits per heavy atom. The molecule has 0 spiro atoms. The van der Waals surface area contributed by atoms with Crippen molar-refractivity contribution in [3.8, 4) is 0 Å². The molecule has 2 nitrogen and oxygen atoms in total. The fourth-order valence-electron chi connectivity index (χ4n) is 2.50.